The van der Waals surface area contributed by atoms with Gasteiger partial charge in [-0.2, -0.15) is 15.4 Å². The number of aromatic nitrogens is 3. The van der Waals surface area contributed by atoms with Gasteiger partial charge in [-0.25, -0.2) is 4.79 Å². The smallest absolute Gasteiger partial charge is 0.344 e. The fraction of sp³-hybridized carbons (Fsp3) is 0.375. The van der Waals surface area contributed by atoms with E-state index in [1.165, 1.54) is 0 Å². The number of carbonyl (C=O) groups excluding carboxylic acids is 2. The summed E-state index contributed by atoms with van der Waals surface area (Å²) in [7, 11) is 0. The van der Waals surface area contributed by atoms with Crippen LogP contribution >= 0.6 is 0 Å². The maximum absolute atomic E-state index is 11.6. The van der Waals surface area contributed by atoms with Gasteiger partial charge in [-0.3, -0.25) is 4.79 Å². The van der Waals surface area contributed by atoms with Crippen LogP contribution < -0.4 is 15.2 Å². The van der Waals surface area contributed by atoms with Crippen molar-refractivity contribution in [1.29, 1.82) is 0 Å². The normalized spacial score (nSPS) is 10.6. The van der Waals surface area contributed by atoms with Gasteiger partial charge in [0.15, 0.2) is 23.8 Å². The first-order valence-corrected chi connectivity index (χ1v) is 7.72. The number of ether oxygens (including phenoxy) is 3. The molecule has 1 aromatic heterocycles. The lowest BCUT2D eigenvalue weighted by Crippen LogP contribution is -2.19. The van der Waals surface area contributed by atoms with Gasteiger partial charge in [0.25, 0.3) is 5.91 Å². The Labute approximate surface area is 144 Å². The first-order chi connectivity index (χ1) is 11.9. The van der Waals surface area contributed by atoms with Crippen molar-refractivity contribution in [2.75, 3.05) is 13.2 Å². The molecule has 9 heteroatoms. The molecule has 2 rings (SSSR count). The average Bonchev–Trinajstić information content (AvgIpc) is 3.03. The van der Waals surface area contributed by atoms with Crippen LogP contribution in [0.5, 0.6) is 11.5 Å². The van der Waals surface area contributed by atoms with E-state index >= 15 is 0 Å². The molecule has 1 amide bonds. The van der Waals surface area contributed by atoms with E-state index in [0.29, 0.717) is 29.4 Å². The molecule has 0 aliphatic rings. The number of aromatic amines is 1. The Morgan fingerprint density at radius 2 is 1.96 bits per heavy atom. The topological polar surface area (TPSA) is 129 Å². The number of rotatable bonds is 8. The van der Waals surface area contributed by atoms with Crippen molar-refractivity contribution in [3.05, 3.63) is 23.9 Å². The van der Waals surface area contributed by atoms with Crippen molar-refractivity contribution in [3.63, 3.8) is 0 Å². The Kier molecular flexibility index (Phi) is 5.93. The lowest BCUT2D eigenvalue weighted by atomic mass is 10.1. The molecule has 2 aromatic rings. The van der Waals surface area contributed by atoms with Crippen molar-refractivity contribution in [2.45, 2.75) is 26.9 Å². The number of esters is 1. The van der Waals surface area contributed by atoms with Crippen LogP contribution in [0.4, 0.5) is 0 Å². The fourth-order valence-corrected chi connectivity index (χ4v) is 2.08. The van der Waals surface area contributed by atoms with Crippen molar-refractivity contribution in [2.24, 2.45) is 5.73 Å². The molecule has 134 valence electrons. The van der Waals surface area contributed by atoms with Gasteiger partial charge in [-0.15, -0.1) is 0 Å². The molecule has 0 unspecified atom stereocenters. The molecular formula is C16H20N4O5. The van der Waals surface area contributed by atoms with Gasteiger partial charge in [-0.05, 0) is 39.0 Å². The third-order valence-corrected chi connectivity index (χ3v) is 3.01. The SMILES string of the molecule is CCOc1cc(-c2n[nH]nc2C(N)=O)ccc1OCC(=O)OC(C)C. The number of hydrogen-bond acceptors (Lipinski definition) is 7. The Morgan fingerprint density at radius 1 is 1.20 bits per heavy atom. The number of nitrogens with two attached hydrogens (primary N) is 1. The molecule has 0 saturated heterocycles. The standard InChI is InChI=1S/C16H20N4O5/c1-4-23-12-7-10(14-15(16(17)22)19-20-18-14)5-6-11(12)24-8-13(21)25-9(2)3/h5-7,9H,4,8H2,1-3H3,(H2,17,22)(H,18,19,20). The van der Waals surface area contributed by atoms with E-state index in [4.69, 9.17) is 19.9 Å². The molecule has 0 fully saturated rings. The predicted molar refractivity (Wildman–Crippen MR) is 88.2 cm³/mol. The largest absolute Gasteiger partial charge is 0.490 e. The summed E-state index contributed by atoms with van der Waals surface area (Å²) in [6.07, 6.45) is -0.218. The second-order valence-electron chi connectivity index (χ2n) is 5.31. The molecule has 25 heavy (non-hydrogen) atoms. The van der Waals surface area contributed by atoms with Crippen molar-refractivity contribution < 1.29 is 23.8 Å². The minimum atomic E-state index is -0.696. The number of H-pyrrole nitrogens is 1. The van der Waals surface area contributed by atoms with Gasteiger partial charge in [-0.1, -0.05) is 0 Å². The van der Waals surface area contributed by atoms with Crippen LogP contribution in [0.1, 0.15) is 31.3 Å². The van der Waals surface area contributed by atoms with Crippen LogP contribution in [0.15, 0.2) is 18.2 Å². The third-order valence-electron chi connectivity index (χ3n) is 3.01. The predicted octanol–water partition coefficient (Wildman–Crippen LogP) is 1.30. The molecule has 0 saturated carbocycles. The lowest BCUT2D eigenvalue weighted by Gasteiger charge is -2.13. The molecule has 1 heterocycles. The van der Waals surface area contributed by atoms with Gasteiger partial charge in [0.05, 0.1) is 12.7 Å². The lowest BCUT2D eigenvalue weighted by molar-refractivity contribution is -0.149. The van der Waals surface area contributed by atoms with E-state index in [-0.39, 0.29) is 18.4 Å². The van der Waals surface area contributed by atoms with Gasteiger partial charge in [0, 0.05) is 5.56 Å². The Balaban J connectivity index is 2.23. The highest BCUT2D eigenvalue weighted by Crippen LogP contribution is 2.33. The maximum atomic E-state index is 11.6. The number of benzene rings is 1. The van der Waals surface area contributed by atoms with Gasteiger partial charge in [0.1, 0.15) is 5.69 Å². The van der Waals surface area contributed by atoms with Crippen LogP contribution in [0, 0.1) is 0 Å². The van der Waals surface area contributed by atoms with E-state index in [1.54, 1.807) is 32.0 Å². The van der Waals surface area contributed by atoms with E-state index < -0.39 is 11.9 Å². The molecule has 3 N–H and O–H groups in total. The maximum Gasteiger partial charge on any atom is 0.344 e. The summed E-state index contributed by atoms with van der Waals surface area (Å²) in [6, 6.07) is 4.91. The minimum Gasteiger partial charge on any atom is -0.490 e. The van der Waals surface area contributed by atoms with Crippen LogP contribution in [0.3, 0.4) is 0 Å². The highest BCUT2D eigenvalue weighted by molar-refractivity contribution is 5.96. The quantitative estimate of drug-likeness (QED) is 0.688. The molecule has 0 atom stereocenters. The monoisotopic (exact) mass is 348 g/mol. The summed E-state index contributed by atoms with van der Waals surface area (Å²) in [5.74, 6) is -0.404. The second-order valence-corrected chi connectivity index (χ2v) is 5.31. The van der Waals surface area contributed by atoms with Crippen molar-refractivity contribution >= 4 is 11.9 Å². The zero-order valence-corrected chi connectivity index (χ0v) is 14.2. The zero-order chi connectivity index (χ0) is 18.4. The van der Waals surface area contributed by atoms with Crippen molar-refractivity contribution in [1.82, 2.24) is 15.4 Å². The number of primary amides is 1. The zero-order valence-electron chi connectivity index (χ0n) is 14.2. The summed E-state index contributed by atoms with van der Waals surface area (Å²) < 4.78 is 16.0. The van der Waals surface area contributed by atoms with E-state index in [9.17, 15) is 9.59 Å². The highest BCUT2D eigenvalue weighted by Gasteiger charge is 2.18. The summed E-state index contributed by atoms with van der Waals surface area (Å²) in [4.78, 5) is 23.0. The highest BCUT2D eigenvalue weighted by atomic mass is 16.6. The number of amides is 1. The fourth-order valence-electron chi connectivity index (χ4n) is 2.08. The molecule has 1 aromatic carbocycles. The van der Waals surface area contributed by atoms with Gasteiger partial charge in [0.2, 0.25) is 0 Å². The van der Waals surface area contributed by atoms with Crippen molar-refractivity contribution in [3.8, 4) is 22.8 Å². The molecular weight excluding hydrogens is 328 g/mol. The summed E-state index contributed by atoms with van der Waals surface area (Å²) in [6.45, 7) is 5.47. The Morgan fingerprint density at radius 3 is 2.60 bits per heavy atom. The van der Waals surface area contributed by atoms with Gasteiger partial charge < -0.3 is 19.9 Å². The first-order valence-electron chi connectivity index (χ1n) is 7.72. The molecule has 9 nitrogen and oxygen atoms in total. The van der Waals surface area contributed by atoms with E-state index in [2.05, 4.69) is 15.4 Å². The Hall–Kier alpha value is -3.10. The molecule has 0 bridgehead atoms. The second kappa shape index (κ2) is 8.13. The summed E-state index contributed by atoms with van der Waals surface area (Å²) in [5.41, 5.74) is 6.18. The summed E-state index contributed by atoms with van der Waals surface area (Å²) >= 11 is 0. The molecule has 0 spiro atoms. The number of carbonyl (C=O) groups is 2. The van der Waals surface area contributed by atoms with E-state index in [1.807, 2.05) is 6.92 Å². The number of nitrogens with zero attached hydrogens (tertiary/aromatic N) is 2. The van der Waals surface area contributed by atoms with Crippen LogP contribution in [0.2, 0.25) is 0 Å². The minimum absolute atomic E-state index is 0.0247. The van der Waals surface area contributed by atoms with Gasteiger partial charge >= 0.3 is 5.97 Å². The molecule has 0 radical (unpaired) electrons. The third kappa shape index (κ3) is 4.69. The van der Waals surface area contributed by atoms with Crippen LogP contribution in [0.25, 0.3) is 11.3 Å². The Bertz CT molecular complexity index is 757. The van der Waals surface area contributed by atoms with Crippen LogP contribution in [-0.2, 0) is 9.53 Å². The average molecular weight is 348 g/mol. The first kappa shape index (κ1) is 18.2. The molecule has 0 aliphatic heterocycles. The molecule has 0 aliphatic carbocycles. The number of nitrogens with one attached hydrogen (secondary N) is 1. The summed E-state index contributed by atoms with van der Waals surface area (Å²) in [5, 5.41) is 10.0. The van der Waals surface area contributed by atoms with Crippen LogP contribution in [-0.4, -0.2) is 46.6 Å². The van der Waals surface area contributed by atoms with E-state index in [0.717, 1.165) is 0 Å². The number of hydrogen-bond donors (Lipinski definition) is 2.